The van der Waals surface area contributed by atoms with Crippen LogP contribution in [0.4, 0.5) is 10.8 Å². The minimum atomic E-state index is -0.729. The fraction of sp³-hybridized carbons (Fsp3) is 0.462. The molecule has 2 aromatic rings. The van der Waals surface area contributed by atoms with Crippen LogP contribution in [0.3, 0.4) is 0 Å². The van der Waals surface area contributed by atoms with Crippen LogP contribution in [0.25, 0.3) is 10.2 Å². The number of likely N-dealkylation sites (N-methyl/N-ethyl adjacent to an activating group) is 1. The summed E-state index contributed by atoms with van der Waals surface area (Å²) in [5, 5.41) is 10.8. The molecule has 1 aromatic carbocycles. The summed E-state index contributed by atoms with van der Waals surface area (Å²) in [7, 11) is 0. The van der Waals surface area contributed by atoms with Gasteiger partial charge in [-0.2, -0.15) is 0 Å². The minimum Gasteiger partial charge on any atom is -0.399 e. The van der Waals surface area contributed by atoms with E-state index < -0.39 is 5.60 Å². The number of thiazole rings is 1. The van der Waals surface area contributed by atoms with Crippen LogP contribution in [0.2, 0.25) is 0 Å². The molecule has 1 heterocycles. The monoisotopic (exact) mass is 265 g/mol. The van der Waals surface area contributed by atoms with Crippen molar-refractivity contribution in [3.8, 4) is 0 Å². The Kier molecular flexibility index (Phi) is 3.45. The fourth-order valence-electron chi connectivity index (χ4n) is 1.85. The second kappa shape index (κ2) is 4.74. The molecule has 4 nitrogen and oxygen atoms in total. The molecule has 5 heteroatoms. The summed E-state index contributed by atoms with van der Waals surface area (Å²) in [5.74, 6) is 0. The first-order valence-corrected chi connectivity index (χ1v) is 6.84. The number of hydrogen-bond acceptors (Lipinski definition) is 5. The van der Waals surface area contributed by atoms with Crippen LogP contribution >= 0.6 is 11.3 Å². The molecule has 0 radical (unpaired) electrons. The van der Waals surface area contributed by atoms with Crippen LogP contribution in [0, 0.1) is 0 Å². The van der Waals surface area contributed by atoms with E-state index in [1.54, 1.807) is 25.2 Å². The molecule has 0 fully saturated rings. The van der Waals surface area contributed by atoms with Gasteiger partial charge in [0.1, 0.15) is 0 Å². The van der Waals surface area contributed by atoms with Crippen molar-refractivity contribution in [3.63, 3.8) is 0 Å². The van der Waals surface area contributed by atoms with E-state index in [9.17, 15) is 5.11 Å². The van der Waals surface area contributed by atoms with Crippen LogP contribution in [0.5, 0.6) is 0 Å². The Balaban J connectivity index is 2.34. The summed E-state index contributed by atoms with van der Waals surface area (Å²) in [6, 6.07) is 5.73. The molecular formula is C13H19N3OS. The molecule has 0 saturated carbocycles. The highest BCUT2D eigenvalue weighted by Crippen LogP contribution is 2.30. The SMILES string of the molecule is CCN(CC(C)(C)O)c1nc2ccc(N)cc2s1. The first kappa shape index (κ1) is 13.1. The Morgan fingerprint density at radius 3 is 2.78 bits per heavy atom. The zero-order chi connectivity index (χ0) is 13.3. The van der Waals surface area contributed by atoms with Crippen LogP contribution in [0.15, 0.2) is 18.2 Å². The van der Waals surface area contributed by atoms with Gasteiger partial charge in [0.2, 0.25) is 0 Å². The van der Waals surface area contributed by atoms with Crippen molar-refractivity contribution in [3.05, 3.63) is 18.2 Å². The predicted molar refractivity (Wildman–Crippen MR) is 78.2 cm³/mol. The summed E-state index contributed by atoms with van der Waals surface area (Å²) >= 11 is 1.61. The zero-order valence-electron chi connectivity index (χ0n) is 11.0. The second-order valence-corrected chi connectivity index (χ2v) is 6.06. The molecule has 18 heavy (non-hydrogen) atoms. The number of fused-ring (bicyclic) bond motifs is 1. The third kappa shape index (κ3) is 2.91. The van der Waals surface area contributed by atoms with Gasteiger partial charge in [-0.15, -0.1) is 0 Å². The lowest BCUT2D eigenvalue weighted by Crippen LogP contribution is -2.38. The zero-order valence-corrected chi connectivity index (χ0v) is 11.8. The average molecular weight is 265 g/mol. The summed E-state index contributed by atoms with van der Waals surface area (Å²) in [6.45, 7) is 7.06. The Morgan fingerprint density at radius 1 is 1.44 bits per heavy atom. The Bertz CT molecular complexity index is 545. The van der Waals surface area contributed by atoms with Gasteiger partial charge in [0.25, 0.3) is 0 Å². The van der Waals surface area contributed by atoms with Gasteiger partial charge in [0.15, 0.2) is 5.13 Å². The van der Waals surface area contributed by atoms with Gasteiger partial charge in [-0.1, -0.05) is 11.3 Å². The number of anilines is 2. The van der Waals surface area contributed by atoms with Crippen molar-refractivity contribution in [2.24, 2.45) is 0 Å². The van der Waals surface area contributed by atoms with E-state index >= 15 is 0 Å². The molecule has 0 unspecified atom stereocenters. The molecule has 0 aliphatic rings. The van der Waals surface area contributed by atoms with Crippen LogP contribution in [0.1, 0.15) is 20.8 Å². The summed E-state index contributed by atoms with van der Waals surface area (Å²) in [5.41, 5.74) is 6.75. The Labute approximate surface area is 111 Å². The van der Waals surface area contributed by atoms with Gasteiger partial charge in [-0.3, -0.25) is 0 Å². The quantitative estimate of drug-likeness (QED) is 0.834. The molecule has 2 rings (SSSR count). The number of rotatable bonds is 4. The minimum absolute atomic E-state index is 0.568. The van der Waals surface area contributed by atoms with Crippen molar-refractivity contribution in [1.29, 1.82) is 0 Å². The molecular weight excluding hydrogens is 246 g/mol. The first-order valence-electron chi connectivity index (χ1n) is 6.02. The number of nitrogens with zero attached hydrogens (tertiary/aromatic N) is 2. The highest BCUT2D eigenvalue weighted by molar-refractivity contribution is 7.22. The largest absolute Gasteiger partial charge is 0.399 e. The lowest BCUT2D eigenvalue weighted by molar-refractivity contribution is 0.0876. The molecule has 3 N–H and O–H groups in total. The first-order chi connectivity index (χ1) is 8.39. The van der Waals surface area contributed by atoms with Gasteiger partial charge in [-0.25, -0.2) is 4.98 Å². The average Bonchev–Trinajstić information content (AvgIpc) is 2.67. The summed E-state index contributed by atoms with van der Waals surface area (Å²) in [6.07, 6.45) is 0. The maximum absolute atomic E-state index is 9.91. The number of aliphatic hydroxyl groups is 1. The van der Waals surface area contributed by atoms with Gasteiger partial charge >= 0.3 is 0 Å². The fourth-order valence-corrected chi connectivity index (χ4v) is 2.92. The summed E-state index contributed by atoms with van der Waals surface area (Å²) in [4.78, 5) is 6.67. The van der Waals surface area contributed by atoms with E-state index in [1.165, 1.54) is 0 Å². The lowest BCUT2D eigenvalue weighted by atomic mass is 10.1. The van der Waals surface area contributed by atoms with Crippen molar-refractivity contribution >= 4 is 32.4 Å². The third-order valence-electron chi connectivity index (χ3n) is 2.63. The van der Waals surface area contributed by atoms with E-state index in [4.69, 9.17) is 5.73 Å². The maximum Gasteiger partial charge on any atom is 0.186 e. The lowest BCUT2D eigenvalue weighted by Gasteiger charge is -2.27. The number of hydrogen-bond donors (Lipinski definition) is 2. The van der Waals surface area contributed by atoms with E-state index in [-0.39, 0.29) is 0 Å². The van der Waals surface area contributed by atoms with Crippen LogP contribution < -0.4 is 10.6 Å². The molecule has 0 bridgehead atoms. The summed E-state index contributed by atoms with van der Waals surface area (Å²) < 4.78 is 1.08. The molecule has 98 valence electrons. The van der Waals surface area contributed by atoms with E-state index in [1.807, 2.05) is 18.2 Å². The highest BCUT2D eigenvalue weighted by Gasteiger charge is 2.19. The topological polar surface area (TPSA) is 62.4 Å². The third-order valence-corrected chi connectivity index (χ3v) is 3.71. The van der Waals surface area contributed by atoms with Gasteiger partial charge in [-0.05, 0) is 39.0 Å². The molecule has 0 amide bonds. The van der Waals surface area contributed by atoms with Gasteiger partial charge in [0, 0.05) is 18.8 Å². The van der Waals surface area contributed by atoms with Crippen LogP contribution in [-0.2, 0) is 0 Å². The normalized spacial score (nSPS) is 12.0. The Hall–Kier alpha value is -1.33. The molecule has 0 atom stereocenters. The smallest absolute Gasteiger partial charge is 0.186 e. The van der Waals surface area contributed by atoms with Gasteiger partial charge in [0.05, 0.1) is 15.8 Å². The van der Waals surface area contributed by atoms with Crippen LogP contribution in [-0.4, -0.2) is 28.8 Å². The molecule has 0 aliphatic heterocycles. The highest BCUT2D eigenvalue weighted by atomic mass is 32.1. The number of nitrogens with two attached hydrogens (primary N) is 1. The number of nitrogen functional groups attached to an aromatic ring is 1. The predicted octanol–water partition coefficient (Wildman–Crippen LogP) is 2.48. The number of benzene rings is 1. The van der Waals surface area contributed by atoms with Crippen molar-refractivity contribution < 1.29 is 5.11 Å². The maximum atomic E-state index is 9.91. The molecule has 0 saturated heterocycles. The van der Waals surface area contributed by atoms with E-state index in [0.717, 1.165) is 27.6 Å². The van der Waals surface area contributed by atoms with Gasteiger partial charge < -0.3 is 15.7 Å². The molecule has 0 spiro atoms. The van der Waals surface area contributed by atoms with Crippen molar-refractivity contribution in [2.45, 2.75) is 26.4 Å². The molecule has 1 aromatic heterocycles. The standard InChI is InChI=1S/C13H19N3OS/c1-4-16(8-13(2,3)17)12-15-10-6-5-9(14)7-11(10)18-12/h5-7,17H,4,8,14H2,1-3H3. The van der Waals surface area contributed by atoms with Crippen molar-refractivity contribution in [2.75, 3.05) is 23.7 Å². The second-order valence-electron chi connectivity index (χ2n) is 5.05. The van der Waals surface area contributed by atoms with E-state index in [0.29, 0.717) is 6.54 Å². The Morgan fingerprint density at radius 2 is 2.17 bits per heavy atom. The number of aromatic nitrogens is 1. The van der Waals surface area contributed by atoms with E-state index in [2.05, 4.69) is 16.8 Å². The van der Waals surface area contributed by atoms with Crippen molar-refractivity contribution in [1.82, 2.24) is 4.98 Å². The molecule has 0 aliphatic carbocycles.